The van der Waals surface area contributed by atoms with Gasteiger partial charge in [-0.15, -0.1) is 0 Å². The van der Waals surface area contributed by atoms with Crippen molar-refractivity contribution >= 4 is 16.6 Å². The van der Waals surface area contributed by atoms with Gasteiger partial charge in [0.05, 0.1) is 12.1 Å². The predicted molar refractivity (Wildman–Crippen MR) is 66.7 cm³/mol. The van der Waals surface area contributed by atoms with Crippen LogP contribution in [-0.4, -0.2) is 11.6 Å². The van der Waals surface area contributed by atoms with Gasteiger partial charge in [-0.1, -0.05) is 6.92 Å². The van der Waals surface area contributed by atoms with Crippen molar-refractivity contribution in [3.8, 4) is 5.75 Å². The molecule has 0 spiro atoms. The molecule has 0 unspecified atom stereocenters. The van der Waals surface area contributed by atoms with Gasteiger partial charge in [0.2, 0.25) is 0 Å². The lowest BCUT2D eigenvalue weighted by molar-refractivity contribution is 0.318. The summed E-state index contributed by atoms with van der Waals surface area (Å²) in [5.41, 5.74) is 8.57. The van der Waals surface area contributed by atoms with Gasteiger partial charge in [-0.25, -0.2) is 0 Å². The van der Waals surface area contributed by atoms with E-state index >= 15 is 0 Å². The molecule has 0 aliphatic carbocycles. The first-order chi connectivity index (χ1) is 7.70. The summed E-state index contributed by atoms with van der Waals surface area (Å²) in [6.07, 6.45) is 1.000. The average molecular weight is 216 g/mol. The third-order valence-corrected chi connectivity index (χ3v) is 2.41. The summed E-state index contributed by atoms with van der Waals surface area (Å²) in [5.74, 6) is 0.853. The molecule has 1 aromatic carbocycles. The molecule has 1 heterocycles. The fraction of sp³-hybridized carbons (Fsp3) is 0.308. The maximum Gasteiger partial charge on any atom is 0.120 e. The van der Waals surface area contributed by atoms with Crippen LogP contribution < -0.4 is 10.5 Å². The van der Waals surface area contributed by atoms with Crippen LogP contribution in [0.4, 0.5) is 5.69 Å². The Bertz CT molecular complexity index is 509. The zero-order valence-electron chi connectivity index (χ0n) is 9.66. The van der Waals surface area contributed by atoms with Crippen molar-refractivity contribution in [2.75, 3.05) is 12.3 Å². The number of benzene rings is 1. The smallest absolute Gasteiger partial charge is 0.120 e. The Balaban J connectivity index is 2.45. The molecule has 2 rings (SSSR count). The van der Waals surface area contributed by atoms with Gasteiger partial charge < -0.3 is 10.5 Å². The number of hydrogen-bond acceptors (Lipinski definition) is 3. The lowest BCUT2D eigenvalue weighted by Gasteiger charge is -2.07. The first-order valence-corrected chi connectivity index (χ1v) is 5.50. The number of aromatic nitrogens is 1. The summed E-state index contributed by atoms with van der Waals surface area (Å²) in [7, 11) is 0. The highest BCUT2D eigenvalue weighted by Gasteiger charge is 2.03. The summed E-state index contributed by atoms with van der Waals surface area (Å²) in [6, 6.07) is 7.71. The molecule has 0 aliphatic heterocycles. The summed E-state index contributed by atoms with van der Waals surface area (Å²) in [6.45, 7) is 4.75. The number of anilines is 1. The number of rotatable bonds is 3. The second-order valence-corrected chi connectivity index (χ2v) is 3.88. The van der Waals surface area contributed by atoms with Gasteiger partial charge in [0.1, 0.15) is 5.75 Å². The maximum absolute atomic E-state index is 5.96. The van der Waals surface area contributed by atoms with E-state index in [0.717, 1.165) is 41.1 Å². The van der Waals surface area contributed by atoms with E-state index in [1.54, 1.807) is 0 Å². The minimum absolute atomic E-state index is 0.727. The van der Waals surface area contributed by atoms with Gasteiger partial charge >= 0.3 is 0 Å². The molecule has 3 nitrogen and oxygen atoms in total. The first-order valence-electron chi connectivity index (χ1n) is 5.50. The van der Waals surface area contributed by atoms with Crippen LogP contribution in [0.1, 0.15) is 19.0 Å². The quantitative estimate of drug-likeness (QED) is 0.858. The molecule has 2 N–H and O–H groups in total. The zero-order valence-corrected chi connectivity index (χ0v) is 9.66. The van der Waals surface area contributed by atoms with Crippen LogP contribution in [0.5, 0.6) is 5.75 Å². The Morgan fingerprint density at radius 3 is 2.88 bits per heavy atom. The van der Waals surface area contributed by atoms with Crippen LogP contribution in [-0.2, 0) is 0 Å². The van der Waals surface area contributed by atoms with E-state index in [0.29, 0.717) is 0 Å². The molecule has 1 aromatic heterocycles. The average Bonchev–Trinajstić information content (AvgIpc) is 2.26. The van der Waals surface area contributed by atoms with Gasteiger partial charge in [-0.05, 0) is 37.6 Å². The molecule has 16 heavy (non-hydrogen) atoms. The number of aryl methyl sites for hydroxylation is 1. The molecule has 84 valence electrons. The van der Waals surface area contributed by atoms with Crippen molar-refractivity contribution in [1.82, 2.24) is 4.98 Å². The third-order valence-electron chi connectivity index (χ3n) is 2.41. The number of ether oxygens (including phenoxy) is 1. The monoisotopic (exact) mass is 216 g/mol. The van der Waals surface area contributed by atoms with E-state index in [4.69, 9.17) is 10.5 Å². The fourth-order valence-electron chi connectivity index (χ4n) is 1.68. The van der Waals surface area contributed by atoms with Gasteiger partial charge in [0.25, 0.3) is 0 Å². The second-order valence-electron chi connectivity index (χ2n) is 3.88. The summed E-state index contributed by atoms with van der Waals surface area (Å²) in [5, 5.41) is 0.958. The largest absolute Gasteiger partial charge is 0.494 e. The normalized spacial score (nSPS) is 10.6. The van der Waals surface area contributed by atoms with Gasteiger partial charge in [-0.2, -0.15) is 0 Å². The van der Waals surface area contributed by atoms with E-state index in [1.807, 2.05) is 31.2 Å². The lowest BCUT2D eigenvalue weighted by atomic mass is 10.1. The Morgan fingerprint density at radius 2 is 2.12 bits per heavy atom. The van der Waals surface area contributed by atoms with E-state index in [9.17, 15) is 0 Å². The first kappa shape index (κ1) is 10.7. The molecular weight excluding hydrogens is 200 g/mol. The van der Waals surface area contributed by atoms with Crippen LogP contribution >= 0.6 is 0 Å². The second kappa shape index (κ2) is 4.39. The van der Waals surface area contributed by atoms with Crippen LogP contribution in [0.2, 0.25) is 0 Å². The maximum atomic E-state index is 5.96. The van der Waals surface area contributed by atoms with Crippen LogP contribution in [0, 0.1) is 6.92 Å². The predicted octanol–water partition coefficient (Wildman–Crippen LogP) is 2.91. The minimum atomic E-state index is 0.727. The van der Waals surface area contributed by atoms with E-state index < -0.39 is 0 Å². The molecule has 0 aliphatic rings. The van der Waals surface area contributed by atoms with Crippen LogP contribution in [0.15, 0.2) is 24.3 Å². The molecule has 0 atom stereocenters. The zero-order chi connectivity index (χ0) is 11.5. The van der Waals surface area contributed by atoms with Crippen LogP contribution in [0.25, 0.3) is 10.9 Å². The highest BCUT2D eigenvalue weighted by Crippen LogP contribution is 2.25. The Labute approximate surface area is 95.2 Å². The van der Waals surface area contributed by atoms with E-state index in [1.165, 1.54) is 0 Å². The molecule has 0 radical (unpaired) electrons. The van der Waals surface area contributed by atoms with Gasteiger partial charge in [-0.3, -0.25) is 4.98 Å². The van der Waals surface area contributed by atoms with Crippen molar-refractivity contribution in [2.45, 2.75) is 20.3 Å². The molecular formula is C13H16N2O. The third kappa shape index (κ3) is 2.08. The molecule has 0 saturated heterocycles. The molecule has 0 saturated carbocycles. The molecule has 0 fully saturated rings. The van der Waals surface area contributed by atoms with E-state index in [-0.39, 0.29) is 0 Å². The SMILES string of the molecule is CCCOc1ccc2nc(C)cc(N)c2c1. The van der Waals surface area contributed by atoms with Gasteiger partial charge in [0, 0.05) is 16.8 Å². The van der Waals surface area contributed by atoms with E-state index in [2.05, 4.69) is 11.9 Å². The highest BCUT2D eigenvalue weighted by molar-refractivity contribution is 5.91. The summed E-state index contributed by atoms with van der Waals surface area (Å²) >= 11 is 0. The van der Waals surface area contributed by atoms with Crippen LogP contribution in [0.3, 0.4) is 0 Å². The molecule has 3 heteroatoms. The molecule has 2 aromatic rings. The standard InChI is InChI=1S/C13H16N2O/c1-3-6-16-10-4-5-13-11(8-10)12(14)7-9(2)15-13/h4-5,7-8H,3,6H2,1-2H3,(H2,14,15). The number of nitrogen functional groups attached to an aromatic ring is 1. The fourth-order valence-corrected chi connectivity index (χ4v) is 1.68. The number of nitrogens with zero attached hydrogens (tertiary/aromatic N) is 1. The number of pyridine rings is 1. The van der Waals surface area contributed by atoms with Crippen molar-refractivity contribution in [1.29, 1.82) is 0 Å². The topological polar surface area (TPSA) is 48.1 Å². The number of hydrogen-bond donors (Lipinski definition) is 1. The Kier molecular flexibility index (Phi) is 2.95. The lowest BCUT2D eigenvalue weighted by Crippen LogP contribution is -1.96. The van der Waals surface area contributed by atoms with Crippen molar-refractivity contribution in [2.24, 2.45) is 0 Å². The minimum Gasteiger partial charge on any atom is -0.494 e. The summed E-state index contributed by atoms with van der Waals surface area (Å²) < 4.78 is 5.57. The highest BCUT2D eigenvalue weighted by atomic mass is 16.5. The number of nitrogens with two attached hydrogens (primary N) is 1. The van der Waals surface area contributed by atoms with Gasteiger partial charge in [0.15, 0.2) is 0 Å². The Hall–Kier alpha value is -1.77. The molecule has 0 amide bonds. The van der Waals surface area contributed by atoms with Crippen molar-refractivity contribution in [3.63, 3.8) is 0 Å². The Morgan fingerprint density at radius 1 is 1.31 bits per heavy atom. The van der Waals surface area contributed by atoms with Crippen molar-refractivity contribution in [3.05, 3.63) is 30.0 Å². The van der Waals surface area contributed by atoms with Crippen molar-refractivity contribution < 1.29 is 4.74 Å². The summed E-state index contributed by atoms with van der Waals surface area (Å²) in [4.78, 5) is 4.42. The number of fused-ring (bicyclic) bond motifs is 1. The molecule has 0 bridgehead atoms.